The van der Waals surface area contributed by atoms with Crippen LogP contribution < -0.4 is 5.32 Å². The van der Waals surface area contributed by atoms with E-state index in [-0.39, 0.29) is 6.61 Å². The van der Waals surface area contributed by atoms with Crippen LogP contribution in [-0.4, -0.2) is 46.1 Å². The topological polar surface area (TPSA) is 89.8 Å². The number of unbranched alkanes of at least 4 members (excludes halogenated alkanes) is 40. The highest BCUT2D eigenvalue weighted by Crippen LogP contribution is 2.17. The summed E-state index contributed by atoms with van der Waals surface area (Å²) in [5.74, 6) is -0.499. The van der Waals surface area contributed by atoms with Crippen molar-refractivity contribution in [1.82, 2.24) is 5.32 Å². The van der Waals surface area contributed by atoms with E-state index < -0.39 is 24.2 Å². The maximum Gasteiger partial charge on any atom is 0.249 e. The van der Waals surface area contributed by atoms with Crippen molar-refractivity contribution in [2.45, 2.75) is 315 Å². The number of aliphatic hydroxyl groups excluding tert-OH is 3. The lowest BCUT2D eigenvalue weighted by molar-refractivity contribution is -0.131. The van der Waals surface area contributed by atoms with E-state index in [4.69, 9.17) is 0 Å². The first-order chi connectivity index (χ1) is 29.6. The SMILES string of the molecule is CCCCCCCCCCCCCC/C=C\CCCCCCCCCCCCCCCCCCC(O)C(=O)NC(CO)C(O)/C=C/CCCCCCCCCCCCCC. The van der Waals surface area contributed by atoms with Crippen molar-refractivity contribution in [3.05, 3.63) is 24.3 Å². The van der Waals surface area contributed by atoms with Gasteiger partial charge in [-0.05, 0) is 44.9 Å². The van der Waals surface area contributed by atoms with E-state index in [0.717, 1.165) is 32.1 Å². The number of carbonyl (C=O) groups is 1. The van der Waals surface area contributed by atoms with E-state index in [9.17, 15) is 20.1 Å². The molecule has 0 aromatic rings. The van der Waals surface area contributed by atoms with Crippen LogP contribution in [0.3, 0.4) is 0 Å². The van der Waals surface area contributed by atoms with E-state index in [1.165, 1.54) is 244 Å². The Bertz CT molecular complexity index is 890. The monoisotopic (exact) mass is 846 g/mol. The van der Waals surface area contributed by atoms with E-state index in [0.29, 0.717) is 6.42 Å². The molecule has 0 radical (unpaired) electrons. The van der Waals surface area contributed by atoms with E-state index in [1.54, 1.807) is 6.08 Å². The number of hydrogen-bond donors (Lipinski definition) is 4. The summed E-state index contributed by atoms with van der Waals surface area (Å²) in [4.78, 5) is 12.5. The van der Waals surface area contributed by atoms with Crippen molar-refractivity contribution in [2.24, 2.45) is 0 Å². The van der Waals surface area contributed by atoms with Gasteiger partial charge in [-0.1, -0.05) is 276 Å². The predicted octanol–water partition coefficient (Wildman–Crippen LogP) is 16.5. The molecule has 0 aliphatic carbocycles. The molecule has 0 aliphatic heterocycles. The first-order valence-electron chi connectivity index (χ1n) is 27.2. The van der Waals surface area contributed by atoms with Crippen molar-refractivity contribution in [3.63, 3.8) is 0 Å². The van der Waals surface area contributed by atoms with E-state index >= 15 is 0 Å². The Morgan fingerprint density at radius 3 is 0.967 bits per heavy atom. The molecule has 0 saturated carbocycles. The van der Waals surface area contributed by atoms with Gasteiger partial charge >= 0.3 is 0 Å². The largest absolute Gasteiger partial charge is 0.394 e. The van der Waals surface area contributed by atoms with Crippen LogP contribution in [0.25, 0.3) is 0 Å². The quantitative estimate of drug-likeness (QED) is 0.0363. The molecule has 60 heavy (non-hydrogen) atoms. The first kappa shape index (κ1) is 58.8. The summed E-state index contributed by atoms with van der Waals surface area (Å²) in [6.45, 7) is 4.20. The Labute approximate surface area is 375 Å². The minimum absolute atomic E-state index is 0.361. The van der Waals surface area contributed by atoms with Gasteiger partial charge in [-0.2, -0.15) is 0 Å². The molecule has 0 aromatic heterocycles. The molecule has 0 rings (SSSR count). The maximum absolute atomic E-state index is 12.5. The molecule has 1 amide bonds. The molecule has 3 atom stereocenters. The standard InChI is InChI=1S/C55H107NO4/c1-3-5-7-9-11-13-15-17-19-20-21-22-23-24-25-26-27-28-29-30-31-32-33-34-35-36-38-40-42-44-46-48-50-54(59)55(60)56-52(51-57)53(58)49-47-45-43-41-39-37-18-16-14-12-10-8-6-4-2/h24-25,47,49,52-54,57-59H,3-23,26-46,48,50-51H2,1-2H3,(H,56,60)/b25-24-,49-47+. The van der Waals surface area contributed by atoms with Gasteiger partial charge in [-0.3, -0.25) is 4.79 Å². The minimum Gasteiger partial charge on any atom is -0.394 e. The van der Waals surface area contributed by atoms with Gasteiger partial charge in [0.1, 0.15) is 6.10 Å². The molecule has 0 saturated heterocycles. The second-order valence-corrected chi connectivity index (χ2v) is 18.8. The molecule has 0 spiro atoms. The zero-order chi connectivity index (χ0) is 43.7. The zero-order valence-electron chi connectivity index (χ0n) is 40.6. The van der Waals surface area contributed by atoms with Gasteiger partial charge in [0.05, 0.1) is 18.8 Å². The predicted molar refractivity (Wildman–Crippen MR) is 264 cm³/mol. The summed E-state index contributed by atoms with van der Waals surface area (Å²) in [6.07, 6.45) is 64.0. The molecule has 3 unspecified atom stereocenters. The number of rotatable bonds is 50. The van der Waals surface area contributed by atoms with Gasteiger partial charge in [0.2, 0.25) is 5.91 Å². The van der Waals surface area contributed by atoms with Crippen LogP contribution in [0.1, 0.15) is 296 Å². The van der Waals surface area contributed by atoms with Crippen molar-refractivity contribution in [2.75, 3.05) is 6.61 Å². The van der Waals surface area contributed by atoms with Crippen LogP contribution in [-0.2, 0) is 4.79 Å². The summed E-state index contributed by atoms with van der Waals surface area (Å²) in [6, 6.07) is -0.795. The number of amides is 1. The van der Waals surface area contributed by atoms with Gasteiger partial charge in [0.15, 0.2) is 0 Å². The Morgan fingerprint density at radius 1 is 0.400 bits per heavy atom. The molecular weight excluding hydrogens is 739 g/mol. The van der Waals surface area contributed by atoms with Gasteiger partial charge in [0.25, 0.3) is 0 Å². The minimum atomic E-state index is -1.10. The molecule has 0 fully saturated rings. The van der Waals surface area contributed by atoms with Crippen LogP contribution >= 0.6 is 0 Å². The van der Waals surface area contributed by atoms with Crippen LogP contribution in [0, 0.1) is 0 Å². The lowest BCUT2D eigenvalue weighted by Gasteiger charge is -2.21. The fourth-order valence-corrected chi connectivity index (χ4v) is 8.54. The molecule has 4 N–H and O–H groups in total. The Balaban J connectivity index is 3.50. The first-order valence-corrected chi connectivity index (χ1v) is 27.2. The molecular formula is C55H107NO4. The summed E-state index contributed by atoms with van der Waals surface area (Å²) in [7, 11) is 0. The summed E-state index contributed by atoms with van der Waals surface area (Å²) in [5, 5.41) is 33.3. The smallest absolute Gasteiger partial charge is 0.249 e. The summed E-state index contributed by atoms with van der Waals surface area (Å²) >= 11 is 0. The third-order valence-corrected chi connectivity index (χ3v) is 12.8. The molecule has 356 valence electrons. The maximum atomic E-state index is 12.5. The number of aliphatic hydroxyl groups is 3. The van der Waals surface area contributed by atoms with Crippen molar-refractivity contribution in [1.29, 1.82) is 0 Å². The van der Waals surface area contributed by atoms with Gasteiger partial charge in [-0.15, -0.1) is 0 Å². The van der Waals surface area contributed by atoms with Crippen molar-refractivity contribution in [3.8, 4) is 0 Å². The van der Waals surface area contributed by atoms with Crippen LogP contribution in [0.2, 0.25) is 0 Å². The lowest BCUT2D eigenvalue weighted by atomic mass is 10.0. The molecule has 0 heterocycles. The van der Waals surface area contributed by atoms with Crippen molar-refractivity contribution >= 4 is 5.91 Å². The highest BCUT2D eigenvalue weighted by Gasteiger charge is 2.22. The number of hydrogen-bond acceptors (Lipinski definition) is 4. The van der Waals surface area contributed by atoms with Crippen molar-refractivity contribution < 1.29 is 20.1 Å². The Kier molecular flexibility index (Phi) is 49.5. The Hall–Kier alpha value is -1.17. The fourth-order valence-electron chi connectivity index (χ4n) is 8.54. The van der Waals surface area contributed by atoms with E-state index in [2.05, 4.69) is 31.3 Å². The Morgan fingerprint density at radius 2 is 0.667 bits per heavy atom. The second kappa shape index (κ2) is 50.5. The van der Waals surface area contributed by atoms with Gasteiger partial charge in [-0.25, -0.2) is 0 Å². The fraction of sp³-hybridized carbons (Fsp3) is 0.909. The third-order valence-electron chi connectivity index (χ3n) is 12.8. The average Bonchev–Trinajstić information content (AvgIpc) is 3.25. The highest BCUT2D eigenvalue weighted by molar-refractivity contribution is 5.80. The summed E-state index contributed by atoms with van der Waals surface area (Å²) in [5.41, 5.74) is 0. The second-order valence-electron chi connectivity index (χ2n) is 18.8. The van der Waals surface area contributed by atoms with E-state index in [1.807, 2.05) is 6.08 Å². The number of nitrogens with one attached hydrogen (secondary N) is 1. The lowest BCUT2D eigenvalue weighted by Crippen LogP contribution is -2.48. The molecule has 5 heteroatoms. The third kappa shape index (κ3) is 44.9. The summed E-state index contributed by atoms with van der Waals surface area (Å²) < 4.78 is 0. The van der Waals surface area contributed by atoms with Crippen LogP contribution in [0.5, 0.6) is 0 Å². The number of allylic oxidation sites excluding steroid dienone is 3. The van der Waals surface area contributed by atoms with Gasteiger partial charge < -0.3 is 20.6 Å². The van der Waals surface area contributed by atoms with Crippen LogP contribution in [0.4, 0.5) is 0 Å². The molecule has 0 aromatic carbocycles. The average molecular weight is 846 g/mol. The normalized spacial score (nSPS) is 13.5. The zero-order valence-corrected chi connectivity index (χ0v) is 40.6. The molecule has 0 aliphatic rings. The van der Waals surface area contributed by atoms with Crippen LogP contribution in [0.15, 0.2) is 24.3 Å². The molecule has 0 bridgehead atoms. The molecule has 5 nitrogen and oxygen atoms in total. The van der Waals surface area contributed by atoms with Gasteiger partial charge in [0, 0.05) is 0 Å². The highest BCUT2D eigenvalue weighted by atomic mass is 16.3. The number of carbonyl (C=O) groups excluding carboxylic acids is 1.